The zero-order chi connectivity index (χ0) is 15.0. The molecule has 0 radical (unpaired) electrons. The minimum absolute atomic E-state index is 0.0960. The number of fused-ring (bicyclic) bond motifs is 1. The number of nitrogens with one attached hydrogen (secondary N) is 1. The molecule has 1 aliphatic rings. The smallest absolute Gasteiger partial charge is 0.292 e. The third-order valence-electron chi connectivity index (χ3n) is 3.86. The maximum absolute atomic E-state index is 11.2. The predicted octanol–water partition coefficient (Wildman–Crippen LogP) is 4.66. The van der Waals surface area contributed by atoms with Crippen LogP contribution in [0.4, 0.5) is 11.4 Å². The summed E-state index contributed by atoms with van der Waals surface area (Å²) in [6.07, 6.45) is 1.86. The number of rotatable bonds is 3. The molecule has 3 rings (SSSR count). The highest BCUT2D eigenvalue weighted by atomic mass is 35.5. The van der Waals surface area contributed by atoms with Gasteiger partial charge in [0.2, 0.25) is 0 Å². The Labute approximate surface area is 127 Å². The van der Waals surface area contributed by atoms with Crippen LogP contribution in [0.3, 0.4) is 0 Å². The fourth-order valence-corrected chi connectivity index (χ4v) is 3.03. The molecule has 0 aromatic heterocycles. The molecule has 2 aromatic rings. The van der Waals surface area contributed by atoms with Gasteiger partial charge in [-0.3, -0.25) is 10.1 Å². The monoisotopic (exact) mass is 302 g/mol. The van der Waals surface area contributed by atoms with Gasteiger partial charge in [0, 0.05) is 11.1 Å². The quantitative estimate of drug-likeness (QED) is 0.663. The molecule has 0 saturated carbocycles. The van der Waals surface area contributed by atoms with Crippen LogP contribution in [0.5, 0.6) is 0 Å². The lowest BCUT2D eigenvalue weighted by atomic mass is 10.1. The third-order valence-corrected chi connectivity index (χ3v) is 4.10. The van der Waals surface area contributed by atoms with Gasteiger partial charge in [0.05, 0.1) is 11.0 Å². The number of anilines is 1. The molecule has 0 bridgehead atoms. The Bertz CT molecular complexity index is 715. The molecule has 0 aliphatic heterocycles. The van der Waals surface area contributed by atoms with E-state index in [2.05, 4.69) is 5.32 Å². The standard InChI is InChI=1S/C16H15ClN2O2/c1-10-2-6-15(16(8-10)19(20)21)18-14-7-3-11-9-12(17)4-5-13(11)14/h2,4-6,8-9,14,18H,3,7H2,1H3. The molecule has 5 heteroatoms. The molecule has 21 heavy (non-hydrogen) atoms. The Balaban J connectivity index is 1.91. The zero-order valence-electron chi connectivity index (χ0n) is 11.6. The zero-order valence-corrected chi connectivity index (χ0v) is 12.4. The summed E-state index contributed by atoms with van der Waals surface area (Å²) < 4.78 is 0. The Morgan fingerprint density at radius 1 is 1.29 bits per heavy atom. The maximum Gasteiger partial charge on any atom is 0.292 e. The fourth-order valence-electron chi connectivity index (χ4n) is 2.84. The van der Waals surface area contributed by atoms with E-state index in [0.29, 0.717) is 5.69 Å². The topological polar surface area (TPSA) is 55.2 Å². The van der Waals surface area contributed by atoms with Crippen LogP contribution in [0.1, 0.15) is 29.2 Å². The first-order valence-corrected chi connectivity index (χ1v) is 7.22. The number of hydrogen-bond acceptors (Lipinski definition) is 3. The predicted molar refractivity (Wildman–Crippen MR) is 84.0 cm³/mol. The van der Waals surface area contributed by atoms with Crippen molar-refractivity contribution in [2.24, 2.45) is 0 Å². The van der Waals surface area contributed by atoms with Crippen molar-refractivity contribution in [3.8, 4) is 0 Å². The maximum atomic E-state index is 11.2. The Hall–Kier alpha value is -2.07. The van der Waals surface area contributed by atoms with E-state index in [1.807, 2.05) is 31.2 Å². The normalized spacial score (nSPS) is 16.6. The van der Waals surface area contributed by atoms with Crippen LogP contribution in [0.2, 0.25) is 5.02 Å². The molecule has 108 valence electrons. The van der Waals surface area contributed by atoms with Gasteiger partial charge in [0.15, 0.2) is 0 Å². The molecule has 0 spiro atoms. The summed E-state index contributed by atoms with van der Waals surface area (Å²) in [5, 5.41) is 15.2. The van der Waals surface area contributed by atoms with E-state index in [-0.39, 0.29) is 16.7 Å². The van der Waals surface area contributed by atoms with Crippen molar-refractivity contribution in [1.82, 2.24) is 0 Å². The molecule has 1 atom stereocenters. The molecule has 1 N–H and O–H groups in total. The van der Waals surface area contributed by atoms with Crippen LogP contribution in [-0.2, 0) is 6.42 Å². The second-order valence-corrected chi connectivity index (χ2v) is 5.79. The van der Waals surface area contributed by atoms with Crippen LogP contribution in [-0.4, -0.2) is 4.92 Å². The van der Waals surface area contributed by atoms with E-state index >= 15 is 0 Å². The number of nitrogens with zero attached hydrogens (tertiary/aromatic N) is 1. The highest BCUT2D eigenvalue weighted by Crippen LogP contribution is 2.37. The van der Waals surface area contributed by atoms with Crippen LogP contribution < -0.4 is 5.32 Å². The number of nitro groups is 1. The van der Waals surface area contributed by atoms with Crippen molar-refractivity contribution in [2.45, 2.75) is 25.8 Å². The van der Waals surface area contributed by atoms with Gasteiger partial charge >= 0.3 is 0 Å². The fraction of sp³-hybridized carbons (Fsp3) is 0.250. The van der Waals surface area contributed by atoms with E-state index in [0.717, 1.165) is 23.4 Å². The van der Waals surface area contributed by atoms with Gasteiger partial charge in [0.25, 0.3) is 5.69 Å². The highest BCUT2D eigenvalue weighted by Gasteiger charge is 2.25. The van der Waals surface area contributed by atoms with Crippen molar-refractivity contribution in [1.29, 1.82) is 0 Å². The molecule has 4 nitrogen and oxygen atoms in total. The van der Waals surface area contributed by atoms with Crippen molar-refractivity contribution in [3.05, 3.63) is 68.2 Å². The van der Waals surface area contributed by atoms with Gasteiger partial charge in [-0.15, -0.1) is 0 Å². The van der Waals surface area contributed by atoms with Gasteiger partial charge in [-0.05, 0) is 54.7 Å². The van der Waals surface area contributed by atoms with Gasteiger partial charge in [-0.1, -0.05) is 23.7 Å². The van der Waals surface area contributed by atoms with E-state index in [4.69, 9.17) is 11.6 Å². The molecule has 0 amide bonds. The summed E-state index contributed by atoms with van der Waals surface area (Å²) in [6.45, 7) is 1.85. The molecular weight excluding hydrogens is 288 g/mol. The van der Waals surface area contributed by atoms with E-state index in [1.54, 1.807) is 12.1 Å². The molecular formula is C16H15ClN2O2. The average Bonchev–Trinajstić information content (AvgIpc) is 2.82. The first kappa shape index (κ1) is 13.9. The molecule has 0 saturated heterocycles. The number of nitro benzene ring substituents is 1. The number of aryl methyl sites for hydroxylation is 2. The SMILES string of the molecule is Cc1ccc(NC2CCc3cc(Cl)ccc32)c([N+](=O)[O-])c1. The molecule has 1 aliphatic carbocycles. The summed E-state index contributed by atoms with van der Waals surface area (Å²) >= 11 is 6.01. The lowest BCUT2D eigenvalue weighted by Crippen LogP contribution is -2.09. The number of halogens is 1. The number of hydrogen-bond donors (Lipinski definition) is 1. The summed E-state index contributed by atoms with van der Waals surface area (Å²) in [5.41, 5.74) is 3.96. The third kappa shape index (κ3) is 2.72. The highest BCUT2D eigenvalue weighted by molar-refractivity contribution is 6.30. The summed E-state index contributed by atoms with van der Waals surface area (Å²) in [7, 11) is 0. The molecule has 0 heterocycles. The van der Waals surface area contributed by atoms with E-state index < -0.39 is 0 Å². The lowest BCUT2D eigenvalue weighted by Gasteiger charge is -2.16. The summed E-state index contributed by atoms with van der Waals surface area (Å²) in [6, 6.07) is 11.2. The van der Waals surface area contributed by atoms with Gasteiger partial charge in [-0.2, -0.15) is 0 Å². The van der Waals surface area contributed by atoms with Crippen molar-refractivity contribution >= 4 is 23.0 Å². The van der Waals surface area contributed by atoms with Crippen molar-refractivity contribution in [2.75, 3.05) is 5.32 Å². The molecule has 2 aromatic carbocycles. The van der Waals surface area contributed by atoms with E-state index in [1.165, 1.54) is 11.1 Å². The minimum atomic E-state index is -0.340. The van der Waals surface area contributed by atoms with Gasteiger partial charge < -0.3 is 5.32 Å². The van der Waals surface area contributed by atoms with Crippen LogP contribution in [0.25, 0.3) is 0 Å². The molecule has 0 fully saturated rings. The Kier molecular flexibility index (Phi) is 3.55. The van der Waals surface area contributed by atoms with Crippen LogP contribution >= 0.6 is 11.6 Å². The van der Waals surface area contributed by atoms with Crippen LogP contribution in [0, 0.1) is 17.0 Å². The summed E-state index contributed by atoms with van der Waals surface area (Å²) in [5.74, 6) is 0. The van der Waals surface area contributed by atoms with E-state index in [9.17, 15) is 10.1 Å². The summed E-state index contributed by atoms with van der Waals surface area (Å²) in [4.78, 5) is 10.8. The van der Waals surface area contributed by atoms with Crippen molar-refractivity contribution in [3.63, 3.8) is 0 Å². The van der Waals surface area contributed by atoms with Crippen LogP contribution in [0.15, 0.2) is 36.4 Å². The minimum Gasteiger partial charge on any atom is -0.373 e. The second kappa shape index (κ2) is 5.37. The average molecular weight is 303 g/mol. The first-order chi connectivity index (χ1) is 10.0. The van der Waals surface area contributed by atoms with Gasteiger partial charge in [0.1, 0.15) is 5.69 Å². The van der Waals surface area contributed by atoms with Gasteiger partial charge in [-0.25, -0.2) is 0 Å². The molecule has 1 unspecified atom stereocenters. The largest absolute Gasteiger partial charge is 0.373 e. The Morgan fingerprint density at radius 2 is 2.10 bits per heavy atom. The Morgan fingerprint density at radius 3 is 2.86 bits per heavy atom. The van der Waals surface area contributed by atoms with Crippen molar-refractivity contribution < 1.29 is 4.92 Å². The first-order valence-electron chi connectivity index (χ1n) is 6.84. The second-order valence-electron chi connectivity index (χ2n) is 5.36. The lowest BCUT2D eigenvalue weighted by molar-refractivity contribution is -0.384. The number of benzene rings is 2.